The Morgan fingerprint density at radius 3 is 2.21 bits per heavy atom. The van der Waals surface area contributed by atoms with Crippen molar-refractivity contribution in [3.63, 3.8) is 0 Å². The van der Waals surface area contributed by atoms with Gasteiger partial charge in [-0.3, -0.25) is 4.79 Å². The van der Waals surface area contributed by atoms with E-state index in [0.29, 0.717) is 0 Å². The number of alkyl halides is 3. The van der Waals surface area contributed by atoms with Gasteiger partial charge in [0.25, 0.3) is 5.91 Å². The van der Waals surface area contributed by atoms with Crippen LogP contribution < -0.4 is 5.32 Å². The van der Waals surface area contributed by atoms with Gasteiger partial charge in [0, 0.05) is 0 Å². The molecule has 1 aromatic carbocycles. The van der Waals surface area contributed by atoms with E-state index in [1.165, 1.54) is 26.0 Å². The van der Waals surface area contributed by atoms with Crippen LogP contribution >= 0.6 is 0 Å². The summed E-state index contributed by atoms with van der Waals surface area (Å²) in [6.07, 6.45) is -6.58. The van der Waals surface area contributed by atoms with Gasteiger partial charge in [-0.05, 0) is 26.0 Å². The Balaban J connectivity index is 3.19. The Morgan fingerprint density at radius 1 is 1.21 bits per heavy atom. The second kappa shape index (κ2) is 7.20. The maximum Gasteiger partial charge on any atom is 0.391 e. The van der Waals surface area contributed by atoms with Gasteiger partial charge < -0.3 is 10.4 Å². The van der Waals surface area contributed by atoms with Crippen LogP contribution in [0.3, 0.4) is 0 Å². The molecule has 1 unspecified atom stereocenters. The Morgan fingerprint density at radius 2 is 1.75 bits per heavy atom. The van der Waals surface area contributed by atoms with Crippen molar-refractivity contribution in [2.75, 3.05) is 0 Å². The van der Waals surface area contributed by atoms with Crippen LogP contribution in [0.5, 0.6) is 0 Å². The number of amides is 1. The lowest BCUT2D eigenvalue weighted by atomic mass is 10.1. The molecular weight excluding hydrogens is 351 g/mol. The molecule has 6 nitrogen and oxygen atoms in total. The molecule has 0 heterocycles. The first kappa shape index (κ1) is 19.9. The molecule has 0 saturated carbocycles. The van der Waals surface area contributed by atoms with Crippen LogP contribution in [0.1, 0.15) is 30.6 Å². The summed E-state index contributed by atoms with van der Waals surface area (Å²) in [5.74, 6) is -3.07. The van der Waals surface area contributed by atoms with E-state index in [9.17, 15) is 31.2 Å². The number of rotatable bonds is 6. The van der Waals surface area contributed by atoms with Crippen LogP contribution in [-0.4, -0.2) is 42.9 Å². The predicted octanol–water partition coefficient (Wildman–Crippen LogP) is 2.00. The third kappa shape index (κ3) is 4.95. The van der Waals surface area contributed by atoms with E-state index in [1.54, 1.807) is 5.32 Å². The average molecular weight is 367 g/mol. The standard InChI is InChI=1S/C14H16F3NO5S/c1-8(2)24(22,23)11-6-4-3-5-9(11)12(19)18-10(13(20)21)7-14(15,16)17/h3-6,8,10H,7H2,1-2H3,(H,18,19)(H,20,21). The molecule has 1 amide bonds. The van der Waals surface area contributed by atoms with Crippen LogP contribution in [-0.2, 0) is 14.6 Å². The van der Waals surface area contributed by atoms with Crippen molar-refractivity contribution in [3.05, 3.63) is 29.8 Å². The molecule has 0 aliphatic heterocycles. The smallest absolute Gasteiger partial charge is 0.391 e. The van der Waals surface area contributed by atoms with E-state index >= 15 is 0 Å². The van der Waals surface area contributed by atoms with Crippen LogP contribution in [0.4, 0.5) is 13.2 Å². The fourth-order valence-corrected chi connectivity index (χ4v) is 3.07. The van der Waals surface area contributed by atoms with Gasteiger partial charge in [0.2, 0.25) is 0 Å². The highest BCUT2D eigenvalue weighted by molar-refractivity contribution is 7.92. The maximum atomic E-state index is 12.4. The average Bonchev–Trinajstić information content (AvgIpc) is 2.44. The molecule has 1 aromatic rings. The van der Waals surface area contributed by atoms with Gasteiger partial charge in [0.15, 0.2) is 9.84 Å². The summed E-state index contributed by atoms with van der Waals surface area (Å²) in [5, 5.41) is 9.67. The Kier molecular flexibility index (Phi) is 5.99. The van der Waals surface area contributed by atoms with E-state index in [1.807, 2.05) is 0 Å². The molecule has 0 aliphatic rings. The number of aliphatic carboxylic acids is 1. The number of hydrogen-bond donors (Lipinski definition) is 2. The Labute approximate surface area is 136 Å². The van der Waals surface area contributed by atoms with Crippen molar-refractivity contribution in [2.24, 2.45) is 0 Å². The molecule has 0 saturated heterocycles. The van der Waals surface area contributed by atoms with Gasteiger partial charge in [-0.2, -0.15) is 13.2 Å². The van der Waals surface area contributed by atoms with Crippen molar-refractivity contribution in [1.82, 2.24) is 5.32 Å². The molecule has 0 aliphatic carbocycles. The molecule has 134 valence electrons. The summed E-state index contributed by atoms with van der Waals surface area (Å²) in [5.41, 5.74) is -0.403. The molecule has 0 aromatic heterocycles. The number of carboxylic acids is 1. The third-order valence-corrected chi connectivity index (χ3v) is 5.31. The lowest BCUT2D eigenvalue weighted by Gasteiger charge is -2.18. The van der Waals surface area contributed by atoms with Crippen molar-refractivity contribution in [1.29, 1.82) is 0 Å². The fourth-order valence-electron chi connectivity index (χ4n) is 1.82. The lowest BCUT2D eigenvalue weighted by Crippen LogP contribution is -2.44. The second-order valence-corrected chi connectivity index (χ2v) is 7.75. The maximum absolute atomic E-state index is 12.4. The molecule has 0 bridgehead atoms. The molecule has 2 N–H and O–H groups in total. The van der Waals surface area contributed by atoms with Gasteiger partial charge in [0.05, 0.1) is 22.1 Å². The van der Waals surface area contributed by atoms with Gasteiger partial charge in [-0.1, -0.05) is 12.1 Å². The number of carbonyl (C=O) groups excluding carboxylic acids is 1. The Bertz CT molecular complexity index is 728. The lowest BCUT2D eigenvalue weighted by molar-refractivity contribution is -0.157. The Hall–Kier alpha value is -2.10. The van der Waals surface area contributed by atoms with Crippen molar-refractivity contribution < 1.29 is 36.3 Å². The number of hydrogen-bond acceptors (Lipinski definition) is 4. The zero-order chi connectivity index (χ0) is 18.7. The molecule has 0 fully saturated rings. The first-order valence-electron chi connectivity index (χ1n) is 6.79. The molecular formula is C14H16F3NO5S. The summed E-state index contributed by atoms with van der Waals surface area (Å²) < 4.78 is 61.6. The van der Waals surface area contributed by atoms with Crippen LogP contribution in [0.2, 0.25) is 0 Å². The summed E-state index contributed by atoms with van der Waals surface area (Å²) in [7, 11) is -3.87. The van der Waals surface area contributed by atoms with E-state index in [-0.39, 0.29) is 4.90 Å². The van der Waals surface area contributed by atoms with E-state index in [0.717, 1.165) is 12.1 Å². The molecule has 10 heteroatoms. The van der Waals surface area contributed by atoms with Crippen molar-refractivity contribution in [2.45, 2.75) is 42.6 Å². The summed E-state index contributed by atoms with van der Waals surface area (Å²) in [6, 6.07) is 2.72. The highest BCUT2D eigenvalue weighted by Gasteiger charge is 2.37. The second-order valence-electron chi connectivity index (χ2n) is 5.27. The SMILES string of the molecule is CC(C)S(=O)(=O)c1ccccc1C(=O)NC(CC(F)(F)F)C(=O)O. The normalized spacial score (nSPS) is 13.6. The number of sulfone groups is 1. The van der Waals surface area contributed by atoms with E-state index in [4.69, 9.17) is 5.11 Å². The van der Waals surface area contributed by atoms with E-state index < -0.39 is 51.2 Å². The van der Waals surface area contributed by atoms with Crippen molar-refractivity contribution in [3.8, 4) is 0 Å². The van der Waals surface area contributed by atoms with Crippen LogP contribution in [0.15, 0.2) is 29.2 Å². The minimum atomic E-state index is -4.81. The zero-order valence-electron chi connectivity index (χ0n) is 12.8. The van der Waals surface area contributed by atoms with Crippen molar-refractivity contribution >= 4 is 21.7 Å². The fraction of sp³-hybridized carbons (Fsp3) is 0.429. The number of carboxylic acid groups (broad SMARTS) is 1. The monoisotopic (exact) mass is 367 g/mol. The van der Waals surface area contributed by atoms with E-state index in [2.05, 4.69) is 0 Å². The quantitative estimate of drug-likeness (QED) is 0.801. The zero-order valence-corrected chi connectivity index (χ0v) is 13.6. The number of halogens is 3. The van der Waals surface area contributed by atoms with Gasteiger partial charge in [-0.25, -0.2) is 13.2 Å². The molecule has 0 radical (unpaired) electrons. The summed E-state index contributed by atoms with van der Waals surface area (Å²) in [4.78, 5) is 22.7. The highest BCUT2D eigenvalue weighted by Crippen LogP contribution is 2.23. The molecule has 0 spiro atoms. The summed E-state index contributed by atoms with van der Waals surface area (Å²) >= 11 is 0. The van der Waals surface area contributed by atoms with Crippen LogP contribution in [0.25, 0.3) is 0 Å². The topological polar surface area (TPSA) is 101 Å². The predicted molar refractivity (Wildman–Crippen MR) is 78.3 cm³/mol. The largest absolute Gasteiger partial charge is 0.480 e. The molecule has 1 atom stereocenters. The number of benzene rings is 1. The molecule has 1 rings (SSSR count). The minimum absolute atomic E-state index is 0.367. The van der Waals surface area contributed by atoms with Crippen LogP contribution in [0, 0.1) is 0 Å². The first-order valence-corrected chi connectivity index (χ1v) is 8.34. The highest BCUT2D eigenvalue weighted by atomic mass is 32.2. The number of carbonyl (C=O) groups is 2. The molecule has 24 heavy (non-hydrogen) atoms. The van der Waals surface area contributed by atoms with Gasteiger partial charge in [0.1, 0.15) is 6.04 Å². The summed E-state index contributed by atoms with van der Waals surface area (Å²) in [6.45, 7) is 2.77. The first-order chi connectivity index (χ1) is 10.9. The van der Waals surface area contributed by atoms with Gasteiger partial charge >= 0.3 is 12.1 Å². The minimum Gasteiger partial charge on any atom is -0.480 e. The third-order valence-electron chi connectivity index (χ3n) is 3.10. The number of nitrogens with one attached hydrogen (secondary N) is 1. The van der Waals surface area contributed by atoms with Gasteiger partial charge in [-0.15, -0.1) is 0 Å².